The van der Waals surface area contributed by atoms with Crippen molar-refractivity contribution in [1.82, 2.24) is 0 Å². The molecular weight excluding hydrogens is 168 g/mol. The summed E-state index contributed by atoms with van der Waals surface area (Å²) in [6.45, 7) is 2.77. The highest BCUT2D eigenvalue weighted by atomic mass is 16.5. The van der Waals surface area contributed by atoms with Crippen LogP contribution in [-0.4, -0.2) is 39.6 Å². The fraction of sp³-hybridized carbons (Fsp3) is 1.00. The largest absolute Gasteiger partial charge is 0.382 e. The van der Waals surface area contributed by atoms with Gasteiger partial charge < -0.3 is 14.2 Å². The summed E-state index contributed by atoms with van der Waals surface area (Å²) in [7, 11) is 1.68. The van der Waals surface area contributed by atoms with E-state index >= 15 is 0 Å². The highest BCUT2D eigenvalue weighted by Crippen LogP contribution is 2.20. The third-order valence-electron chi connectivity index (χ3n) is 2.32. The Balaban J connectivity index is 1.78. The molecule has 0 aliphatic heterocycles. The molecule has 1 saturated carbocycles. The highest BCUT2D eigenvalue weighted by molar-refractivity contribution is 4.66. The Morgan fingerprint density at radius 3 is 2.38 bits per heavy atom. The lowest BCUT2D eigenvalue weighted by molar-refractivity contribution is -0.00375. The molecule has 3 heteroatoms. The molecule has 13 heavy (non-hydrogen) atoms. The maximum Gasteiger partial charge on any atom is 0.0704 e. The van der Waals surface area contributed by atoms with Gasteiger partial charge in [0.2, 0.25) is 0 Å². The summed E-state index contributed by atoms with van der Waals surface area (Å²) < 4.78 is 15.8. The van der Waals surface area contributed by atoms with Crippen LogP contribution in [0.15, 0.2) is 0 Å². The lowest BCUT2D eigenvalue weighted by atomic mass is 10.3. The van der Waals surface area contributed by atoms with Crippen LogP contribution < -0.4 is 0 Å². The first kappa shape index (κ1) is 11.0. The van der Waals surface area contributed by atoms with E-state index in [1.165, 1.54) is 25.7 Å². The summed E-state index contributed by atoms with van der Waals surface area (Å²) in [4.78, 5) is 0. The van der Waals surface area contributed by atoms with E-state index in [-0.39, 0.29) is 0 Å². The van der Waals surface area contributed by atoms with Crippen LogP contribution in [0.4, 0.5) is 0 Å². The van der Waals surface area contributed by atoms with Gasteiger partial charge in [-0.2, -0.15) is 0 Å². The van der Waals surface area contributed by atoms with Crippen LogP contribution in [0.1, 0.15) is 25.7 Å². The maximum absolute atomic E-state index is 5.62. The first-order chi connectivity index (χ1) is 6.43. The fourth-order valence-corrected chi connectivity index (χ4v) is 1.57. The van der Waals surface area contributed by atoms with Crippen LogP contribution in [0.2, 0.25) is 0 Å². The van der Waals surface area contributed by atoms with Gasteiger partial charge in [-0.25, -0.2) is 0 Å². The van der Waals surface area contributed by atoms with E-state index in [1.807, 2.05) is 0 Å². The van der Waals surface area contributed by atoms with Gasteiger partial charge in [0.25, 0.3) is 0 Å². The summed E-state index contributed by atoms with van der Waals surface area (Å²) in [6, 6.07) is 0. The number of hydrogen-bond donors (Lipinski definition) is 0. The van der Waals surface area contributed by atoms with Crippen molar-refractivity contribution in [3.05, 3.63) is 0 Å². The number of methoxy groups -OCH3 is 1. The molecule has 1 aliphatic rings. The minimum absolute atomic E-state index is 0.506. The summed E-state index contributed by atoms with van der Waals surface area (Å²) in [6.07, 6.45) is 5.63. The smallest absolute Gasteiger partial charge is 0.0704 e. The van der Waals surface area contributed by atoms with Gasteiger partial charge in [-0.3, -0.25) is 0 Å². The molecule has 0 aromatic carbocycles. The van der Waals surface area contributed by atoms with Crippen molar-refractivity contribution in [3.63, 3.8) is 0 Å². The molecule has 0 saturated heterocycles. The third-order valence-corrected chi connectivity index (χ3v) is 2.32. The minimum atomic E-state index is 0.506. The van der Waals surface area contributed by atoms with Gasteiger partial charge in [0.1, 0.15) is 0 Å². The molecule has 0 bridgehead atoms. The highest BCUT2D eigenvalue weighted by Gasteiger charge is 2.14. The molecule has 0 N–H and O–H groups in total. The standard InChI is InChI=1S/C10H20O3/c1-11-6-7-12-8-9-13-10-4-2-3-5-10/h10H,2-9H2,1H3. The monoisotopic (exact) mass is 188 g/mol. The first-order valence-electron chi connectivity index (χ1n) is 5.12. The molecule has 0 spiro atoms. The molecule has 0 radical (unpaired) electrons. The number of hydrogen-bond acceptors (Lipinski definition) is 3. The molecule has 1 aliphatic carbocycles. The average molecular weight is 188 g/mol. The Morgan fingerprint density at radius 2 is 1.69 bits per heavy atom. The Bertz CT molecular complexity index is 111. The Labute approximate surface area is 80.4 Å². The van der Waals surface area contributed by atoms with Crippen molar-refractivity contribution in [2.45, 2.75) is 31.8 Å². The zero-order valence-electron chi connectivity index (χ0n) is 8.46. The molecule has 3 nitrogen and oxygen atoms in total. The van der Waals surface area contributed by atoms with Crippen LogP contribution in [-0.2, 0) is 14.2 Å². The average Bonchev–Trinajstić information content (AvgIpc) is 2.63. The zero-order chi connectivity index (χ0) is 9.36. The summed E-state index contributed by atoms with van der Waals surface area (Å²) in [5.74, 6) is 0. The predicted octanol–water partition coefficient (Wildman–Crippen LogP) is 1.61. The van der Waals surface area contributed by atoms with E-state index in [0.29, 0.717) is 25.9 Å². The van der Waals surface area contributed by atoms with Crippen LogP contribution >= 0.6 is 0 Å². The molecule has 0 atom stereocenters. The van der Waals surface area contributed by atoms with Gasteiger partial charge in [-0.05, 0) is 12.8 Å². The molecule has 0 amide bonds. The molecule has 0 unspecified atom stereocenters. The molecule has 1 fully saturated rings. The van der Waals surface area contributed by atoms with Gasteiger partial charge in [-0.1, -0.05) is 12.8 Å². The van der Waals surface area contributed by atoms with Crippen molar-refractivity contribution in [2.24, 2.45) is 0 Å². The summed E-state index contributed by atoms with van der Waals surface area (Å²) >= 11 is 0. The van der Waals surface area contributed by atoms with Gasteiger partial charge in [0, 0.05) is 7.11 Å². The SMILES string of the molecule is COCCOCCOC1CCCC1. The van der Waals surface area contributed by atoms with Crippen molar-refractivity contribution in [3.8, 4) is 0 Å². The summed E-state index contributed by atoms with van der Waals surface area (Å²) in [5.41, 5.74) is 0. The van der Waals surface area contributed by atoms with Crippen LogP contribution in [0, 0.1) is 0 Å². The minimum Gasteiger partial charge on any atom is -0.382 e. The topological polar surface area (TPSA) is 27.7 Å². The van der Waals surface area contributed by atoms with Crippen molar-refractivity contribution in [1.29, 1.82) is 0 Å². The summed E-state index contributed by atoms with van der Waals surface area (Å²) in [5, 5.41) is 0. The molecule has 0 aromatic rings. The van der Waals surface area contributed by atoms with Gasteiger partial charge >= 0.3 is 0 Å². The lowest BCUT2D eigenvalue weighted by Crippen LogP contribution is -2.13. The van der Waals surface area contributed by atoms with Crippen molar-refractivity contribution < 1.29 is 14.2 Å². The number of ether oxygens (including phenoxy) is 3. The van der Waals surface area contributed by atoms with Crippen molar-refractivity contribution in [2.75, 3.05) is 33.5 Å². The van der Waals surface area contributed by atoms with E-state index in [9.17, 15) is 0 Å². The van der Waals surface area contributed by atoms with Crippen molar-refractivity contribution >= 4 is 0 Å². The fourth-order valence-electron chi connectivity index (χ4n) is 1.57. The Hall–Kier alpha value is -0.120. The first-order valence-corrected chi connectivity index (χ1v) is 5.12. The quantitative estimate of drug-likeness (QED) is 0.568. The second-order valence-corrected chi connectivity index (χ2v) is 3.38. The maximum atomic E-state index is 5.62. The Kier molecular flexibility index (Phi) is 6.15. The van der Waals surface area contributed by atoms with Gasteiger partial charge in [0.05, 0.1) is 32.5 Å². The van der Waals surface area contributed by atoms with E-state index < -0.39 is 0 Å². The van der Waals surface area contributed by atoms with Crippen LogP contribution in [0.5, 0.6) is 0 Å². The van der Waals surface area contributed by atoms with E-state index in [2.05, 4.69) is 0 Å². The number of rotatable bonds is 7. The Morgan fingerprint density at radius 1 is 1.00 bits per heavy atom. The van der Waals surface area contributed by atoms with E-state index in [0.717, 1.165) is 6.61 Å². The van der Waals surface area contributed by atoms with Crippen LogP contribution in [0.3, 0.4) is 0 Å². The van der Waals surface area contributed by atoms with Crippen LogP contribution in [0.25, 0.3) is 0 Å². The predicted molar refractivity (Wildman–Crippen MR) is 50.9 cm³/mol. The van der Waals surface area contributed by atoms with Gasteiger partial charge in [0.15, 0.2) is 0 Å². The second kappa shape index (κ2) is 7.30. The zero-order valence-corrected chi connectivity index (χ0v) is 8.46. The second-order valence-electron chi connectivity index (χ2n) is 3.38. The van der Waals surface area contributed by atoms with E-state index in [4.69, 9.17) is 14.2 Å². The lowest BCUT2D eigenvalue weighted by Gasteiger charge is -2.10. The molecule has 0 heterocycles. The van der Waals surface area contributed by atoms with Gasteiger partial charge in [-0.15, -0.1) is 0 Å². The molecule has 78 valence electrons. The molecule has 1 rings (SSSR count). The normalized spacial score (nSPS) is 18.2. The molecular formula is C10H20O3. The van der Waals surface area contributed by atoms with E-state index in [1.54, 1.807) is 7.11 Å². The molecule has 0 aromatic heterocycles. The third kappa shape index (κ3) is 5.24.